The third-order valence-electron chi connectivity index (χ3n) is 3.34. The van der Waals surface area contributed by atoms with E-state index in [1.165, 1.54) is 11.8 Å². The average Bonchev–Trinajstić information content (AvgIpc) is 2.79. The first kappa shape index (κ1) is 16.5. The van der Waals surface area contributed by atoms with E-state index >= 15 is 0 Å². The van der Waals surface area contributed by atoms with Gasteiger partial charge < -0.3 is 5.32 Å². The van der Waals surface area contributed by atoms with Gasteiger partial charge in [-0.3, -0.25) is 9.69 Å². The maximum atomic E-state index is 12.3. The number of urea groups is 1. The summed E-state index contributed by atoms with van der Waals surface area (Å²) in [5, 5.41) is 3.08. The summed E-state index contributed by atoms with van der Waals surface area (Å²) < 4.78 is 0. The number of hydrogen-bond donors (Lipinski definition) is 1. The molecule has 0 saturated carbocycles. The number of carbonyl (C=O) groups excluding carboxylic acids is 2. The van der Waals surface area contributed by atoms with Crippen LogP contribution in [-0.4, -0.2) is 29.4 Å². The lowest BCUT2D eigenvalue weighted by molar-refractivity contribution is -0.115. The van der Waals surface area contributed by atoms with Gasteiger partial charge in [0.1, 0.15) is 0 Å². The Kier molecular flexibility index (Phi) is 5.24. The van der Waals surface area contributed by atoms with E-state index in [1.807, 2.05) is 32.0 Å². The predicted molar refractivity (Wildman–Crippen MR) is 91.7 cm³/mol. The van der Waals surface area contributed by atoms with Crippen LogP contribution in [0.5, 0.6) is 0 Å². The highest BCUT2D eigenvalue weighted by molar-refractivity contribution is 8.15. The minimum Gasteiger partial charge on any atom is -0.336 e. The van der Waals surface area contributed by atoms with Crippen molar-refractivity contribution in [1.82, 2.24) is 5.32 Å². The fraction of sp³-hybridized carbons (Fsp3) is 0.438. The number of amides is 3. The molecule has 0 atom stereocenters. The van der Waals surface area contributed by atoms with Crippen molar-refractivity contribution in [3.8, 4) is 0 Å². The van der Waals surface area contributed by atoms with E-state index in [4.69, 9.17) is 0 Å². The third-order valence-corrected chi connectivity index (χ3v) is 4.26. The van der Waals surface area contributed by atoms with Crippen molar-refractivity contribution in [3.63, 3.8) is 0 Å². The topological polar surface area (TPSA) is 61.8 Å². The fourth-order valence-electron chi connectivity index (χ4n) is 2.29. The zero-order valence-electron chi connectivity index (χ0n) is 13.3. The van der Waals surface area contributed by atoms with Crippen LogP contribution in [0.3, 0.4) is 0 Å². The maximum Gasteiger partial charge on any atom is 0.343 e. The van der Waals surface area contributed by atoms with Crippen LogP contribution in [0.4, 0.5) is 10.5 Å². The summed E-state index contributed by atoms with van der Waals surface area (Å²) in [6.07, 6.45) is 0. The molecule has 0 radical (unpaired) electrons. The molecular formula is C16H21N3O2S. The van der Waals surface area contributed by atoms with Gasteiger partial charge in [0.15, 0.2) is 5.17 Å². The van der Waals surface area contributed by atoms with Crippen molar-refractivity contribution in [2.75, 3.05) is 17.2 Å². The summed E-state index contributed by atoms with van der Waals surface area (Å²) in [4.78, 5) is 29.6. The Balaban J connectivity index is 2.46. The number of anilines is 1. The third kappa shape index (κ3) is 3.50. The molecule has 1 aromatic rings. The highest BCUT2D eigenvalue weighted by Crippen LogP contribution is 2.34. The van der Waals surface area contributed by atoms with Gasteiger partial charge in [-0.05, 0) is 37.0 Å². The van der Waals surface area contributed by atoms with Crippen LogP contribution in [0.2, 0.25) is 0 Å². The summed E-state index contributed by atoms with van der Waals surface area (Å²) in [6.45, 7) is 8.50. The molecule has 0 aromatic heterocycles. The highest BCUT2D eigenvalue weighted by atomic mass is 32.2. The predicted octanol–water partition coefficient (Wildman–Crippen LogP) is 3.28. The van der Waals surface area contributed by atoms with Crippen molar-refractivity contribution in [1.29, 1.82) is 0 Å². The summed E-state index contributed by atoms with van der Waals surface area (Å²) >= 11 is 1.30. The second kappa shape index (κ2) is 6.96. The van der Waals surface area contributed by atoms with Gasteiger partial charge in [-0.2, -0.15) is 4.99 Å². The Labute approximate surface area is 135 Å². The van der Waals surface area contributed by atoms with E-state index in [2.05, 4.69) is 24.2 Å². The molecule has 22 heavy (non-hydrogen) atoms. The minimum absolute atomic E-state index is 0.0412. The largest absolute Gasteiger partial charge is 0.343 e. The normalized spacial score (nSPS) is 16.7. The molecule has 0 unspecified atom stereocenters. The number of carbonyl (C=O) groups is 2. The Morgan fingerprint density at radius 3 is 2.82 bits per heavy atom. The number of aryl methyl sites for hydroxylation is 1. The van der Waals surface area contributed by atoms with Gasteiger partial charge in [-0.15, -0.1) is 0 Å². The van der Waals surface area contributed by atoms with Crippen LogP contribution in [0.1, 0.15) is 37.8 Å². The Morgan fingerprint density at radius 2 is 2.18 bits per heavy atom. The SMILES string of the molecule is CCNC(=O)/N=C1\SCC(=O)N1c1cc(C)ccc1C(C)C. The van der Waals surface area contributed by atoms with E-state index in [0.29, 0.717) is 17.5 Å². The summed E-state index contributed by atoms with van der Waals surface area (Å²) in [5.41, 5.74) is 2.97. The van der Waals surface area contributed by atoms with E-state index in [9.17, 15) is 9.59 Å². The first-order valence-corrected chi connectivity index (χ1v) is 8.35. The molecule has 0 aliphatic carbocycles. The summed E-state index contributed by atoms with van der Waals surface area (Å²) in [7, 11) is 0. The van der Waals surface area contributed by atoms with Crippen LogP contribution < -0.4 is 10.2 Å². The van der Waals surface area contributed by atoms with Crippen LogP contribution in [-0.2, 0) is 4.79 Å². The lowest BCUT2D eigenvalue weighted by Crippen LogP contribution is -2.32. The van der Waals surface area contributed by atoms with Gasteiger partial charge in [-0.25, -0.2) is 4.79 Å². The van der Waals surface area contributed by atoms with Gasteiger partial charge in [0.2, 0.25) is 5.91 Å². The molecule has 1 fully saturated rings. The first-order valence-electron chi connectivity index (χ1n) is 7.36. The number of nitrogens with one attached hydrogen (secondary N) is 1. The molecule has 1 N–H and O–H groups in total. The van der Waals surface area contributed by atoms with Gasteiger partial charge in [0.05, 0.1) is 11.4 Å². The standard InChI is InChI=1S/C16H21N3O2S/c1-5-17-15(21)18-16-19(14(20)9-22-16)13-8-11(4)6-7-12(13)10(2)3/h6-8,10H,5,9H2,1-4H3,(H,17,21)/b18-16-. The minimum atomic E-state index is -0.413. The summed E-state index contributed by atoms with van der Waals surface area (Å²) in [5.74, 6) is 0.546. The van der Waals surface area contributed by atoms with E-state index in [0.717, 1.165) is 16.8 Å². The second-order valence-electron chi connectivity index (χ2n) is 5.46. The van der Waals surface area contributed by atoms with Crippen molar-refractivity contribution in [2.24, 2.45) is 4.99 Å². The lowest BCUT2D eigenvalue weighted by Gasteiger charge is -2.22. The van der Waals surface area contributed by atoms with Crippen LogP contribution in [0.15, 0.2) is 23.2 Å². The molecule has 6 heteroatoms. The molecular weight excluding hydrogens is 298 g/mol. The van der Waals surface area contributed by atoms with Crippen molar-refractivity contribution in [3.05, 3.63) is 29.3 Å². The molecule has 1 aromatic carbocycles. The van der Waals surface area contributed by atoms with Crippen molar-refractivity contribution < 1.29 is 9.59 Å². The highest BCUT2D eigenvalue weighted by Gasteiger charge is 2.32. The Morgan fingerprint density at radius 1 is 1.45 bits per heavy atom. The molecule has 118 valence electrons. The van der Waals surface area contributed by atoms with Crippen LogP contribution in [0, 0.1) is 6.92 Å². The molecule has 2 rings (SSSR count). The van der Waals surface area contributed by atoms with Gasteiger partial charge in [-0.1, -0.05) is 37.7 Å². The molecule has 5 nitrogen and oxygen atoms in total. The van der Waals surface area contributed by atoms with E-state index in [1.54, 1.807) is 4.90 Å². The lowest BCUT2D eigenvalue weighted by atomic mass is 9.99. The Bertz CT molecular complexity index is 626. The second-order valence-corrected chi connectivity index (χ2v) is 6.41. The van der Waals surface area contributed by atoms with Crippen LogP contribution >= 0.6 is 11.8 Å². The maximum absolute atomic E-state index is 12.3. The van der Waals surface area contributed by atoms with Crippen molar-refractivity contribution >= 4 is 34.6 Å². The first-order chi connectivity index (χ1) is 10.4. The van der Waals surface area contributed by atoms with Crippen molar-refractivity contribution in [2.45, 2.75) is 33.6 Å². The monoisotopic (exact) mass is 319 g/mol. The quantitative estimate of drug-likeness (QED) is 0.930. The number of rotatable bonds is 3. The average molecular weight is 319 g/mol. The van der Waals surface area contributed by atoms with E-state index < -0.39 is 6.03 Å². The zero-order valence-corrected chi connectivity index (χ0v) is 14.2. The zero-order chi connectivity index (χ0) is 16.3. The number of nitrogens with zero attached hydrogens (tertiary/aromatic N) is 2. The number of thioether (sulfide) groups is 1. The Hall–Kier alpha value is -1.82. The van der Waals surface area contributed by atoms with Gasteiger partial charge in [0, 0.05) is 6.54 Å². The number of aliphatic imine (C=N–C) groups is 1. The molecule has 1 heterocycles. The molecule has 1 saturated heterocycles. The van der Waals surface area contributed by atoms with Crippen LogP contribution in [0.25, 0.3) is 0 Å². The molecule has 0 bridgehead atoms. The smallest absolute Gasteiger partial charge is 0.336 e. The molecule has 3 amide bonds. The fourth-order valence-corrected chi connectivity index (χ4v) is 3.15. The molecule has 1 aliphatic rings. The number of amidine groups is 1. The molecule has 0 spiro atoms. The number of hydrogen-bond acceptors (Lipinski definition) is 3. The number of benzene rings is 1. The van der Waals surface area contributed by atoms with Gasteiger partial charge >= 0.3 is 6.03 Å². The summed E-state index contributed by atoms with van der Waals surface area (Å²) in [6, 6.07) is 5.64. The van der Waals surface area contributed by atoms with Gasteiger partial charge in [0.25, 0.3) is 0 Å². The molecule has 1 aliphatic heterocycles. The van der Waals surface area contributed by atoms with E-state index in [-0.39, 0.29) is 11.8 Å².